The molecule has 1 aromatic rings. The molecule has 2 N–H and O–H groups in total. The number of piperidine rings is 1. The van der Waals surface area contributed by atoms with Crippen LogP contribution in [-0.2, 0) is 19.6 Å². The number of hydrogen-bond acceptors (Lipinski definition) is 4. The number of nitrogens with one attached hydrogen (secondary N) is 2. The molecule has 2 unspecified atom stereocenters. The Morgan fingerprint density at radius 2 is 1.79 bits per heavy atom. The minimum atomic E-state index is -3.71. The molecule has 2 amide bonds. The Morgan fingerprint density at radius 1 is 1.18 bits per heavy atom. The first-order valence-corrected chi connectivity index (χ1v) is 11.1. The predicted octanol–water partition coefficient (Wildman–Crippen LogP) is 1.26. The van der Waals surface area contributed by atoms with Gasteiger partial charge in [-0.2, -0.15) is 0 Å². The molecular weight excluding hydrogens is 385 g/mol. The van der Waals surface area contributed by atoms with Gasteiger partial charge in [0.05, 0.1) is 4.90 Å². The fourth-order valence-corrected chi connectivity index (χ4v) is 4.72. The van der Waals surface area contributed by atoms with Crippen molar-refractivity contribution in [1.82, 2.24) is 14.9 Å². The zero-order chi connectivity index (χ0) is 20.3. The van der Waals surface area contributed by atoms with E-state index in [0.717, 1.165) is 18.6 Å². The van der Waals surface area contributed by atoms with E-state index in [2.05, 4.69) is 10.0 Å². The molecule has 0 aromatic heterocycles. The second-order valence-electron chi connectivity index (χ2n) is 7.59. The predicted molar refractivity (Wildman–Crippen MR) is 101 cm³/mol. The third kappa shape index (κ3) is 5.29. The lowest BCUT2D eigenvalue weighted by molar-refractivity contribution is -0.132. The van der Waals surface area contributed by atoms with E-state index in [1.165, 1.54) is 12.1 Å². The molecule has 2 aliphatic rings. The summed E-state index contributed by atoms with van der Waals surface area (Å²) >= 11 is 0. The highest BCUT2D eigenvalue weighted by Gasteiger charge is 2.38. The average Bonchev–Trinajstić information content (AvgIpc) is 3.39. The summed E-state index contributed by atoms with van der Waals surface area (Å²) in [5.41, 5.74) is 0. The molecule has 0 radical (unpaired) electrons. The van der Waals surface area contributed by atoms with E-state index in [1.54, 1.807) is 4.90 Å². The maximum Gasteiger partial charge on any atom is 0.240 e. The third-order valence-electron chi connectivity index (χ3n) is 5.38. The highest BCUT2D eigenvalue weighted by Crippen LogP contribution is 2.37. The van der Waals surface area contributed by atoms with Crippen molar-refractivity contribution in [1.29, 1.82) is 0 Å². The van der Waals surface area contributed by atoms with Gasteiger partial charge in [-0.25, -0.2) is 17.5 Å². The molecule has 2 fully saturated rings. The van der Waals surface area contributed by atoms with E-state index < -0.39 is 15.8 Å². The number of amides is 2. The third-order valence-corrected chi connectivity index (χ3v) is 6.91. The Labute approximate surface area is 164 Å². The van der Waals surface area contributed by atoms with Gasteiger partial charge in [-0.1, -0.05) is 6.92 Å². The largest absolute Gasteiger partial charge is 0.355 e. The van der Waals surface area contributed by atoms with Crippen LogP contribution in [0.5, 0.6) is 0 Å². The topological polar surface area (TPSA) is 95.6 Å². The van der Waals surface area contributed by atoms with Gasteiger partial charge in [0.2, 0.25) is 21.8 Å². The van der Waals surface area contributed by atoms with Crippen LogP contribution in [0, 0.1) is 17.7 Å². The summed E-state index contributed by atoms with van der Waals surface area (Å²) in [6.07, 6.45) is 2.19. The van der Waals surface area contributed by atoms with Crippen molar-refractivity contribution in [3.05, 3.63) is 30.1 Å². The molecule has 0 spiro atoms. The van der Waals surface area contributed by atoms with Crippen molar-refractivity contribution in [3.63, 3.8) is 0 Å². The Bertz CT molecular complexity index is 820. The van der Waals surface area contributed by atoms with E-state index in [-0.39, 0.29) is 35.1 Å². The Morgan fingerprint density at radius 3 is 2.36 bits per heavy atom. The van der Waals surface area contributed by atoms with Gasteiger partial charge in [0.1, 0.15) is 5.82 Å². The van der Waals surface area contributed by atoms with Crippen molar-refractivity contribution in [2.45, 2.75) is 43.5 Å². The van der Waals surface area contributed by atoms with Gasteiger partial charge in [0, 0.05) is 38.0 Å². The SMILES string of the molecule is CC1CC1C(=O)NCCC(=O)N1CCC(NS(=O)(=O)c2ccc(F)cc2)CC1. The minimum absolute atomic E-state index is 0.0214. The summed E-state index contributed by atoms with van der Waals surface area (Å²) in [7, 11) is -3.71. The lowest BCUT2D eigenvalue weighted by Gasteiger charge is -2.32. The molecule has 1 heterocycles. The number of hydrogen-bond donors (Lipinski definition) is 2. The summed E-state index contributed by atoms with van der Waals surface area (Å²) in [6.45, 7) is 3.29. The Kier molecular flexibility index (Phi) is 6.34. The van der Waals surface area contributed by atoms with E-state index in [1.807, 2.05) is 6.92 Å². The van der Waals surface area contributed by atoms with Crippen molar-refractivity contribution in [2.24, 2.45) is 11.8 Å². The second-order valence-corrected chi connectivity index (χ2v) is 9.30. The van der Waals surface area contributed by atoms with Gasteiger partial charge < -0.3 is 10.2 Å². The highest BCUT2D eigenvalue weighted by molar-refractivity contribution is 7.89. The van der Waals surface area contributed by atoms with Crippen LogP contribution < -0.4 is 10.0 Å². The first-order chi connectivity index (χ1) is 13.3. The number of carbonyl (C=O) groups is 2. The maximum absolute atomic E-state index is 13.0. The van der Waals surface area contributed by atoms with Gasteiger partial charge >= 0.3 is 0 Å². The van der Waals surface area contributed by atoms with Gasteiger partial charge in [-0.05, 0) is 49.4 Å². The average molecular weight is 411 g/mol. The number of likely N-dealkylation sites (tertiary alicyclic amines) is 1. The van der Waals surface area contributed by atoms with Crippen LogP contribution >= 0.6 is 0 Å². The molecule has 1 aliphatic carbocycles. The van der Waals surface area contributed by atoms with E-state index >= 15 is 0 Å². The number of nitrogens with zero attached hydrogens (tertiary/aromatic N) is 1. The van der Waals surface area contributed by atoms with Crippen molar-refractivity contribution < 1.29 is 22.4 Å². The van der Waals surface area contributed by atoms with Crippen molar-refractivity contribution in [3.8, 4) is 0 Å². The summed E-state index contributed by atoms with van der Waals surface area (Å²) in [4.78, 5) is 25.8. The van der Waals surface area contributed by atoms with Crippen LogP contribution in [0.15, 0.2) is 29.2 Å². The molecule has 7 nitrogen and oxygen atoms in total. The molecule has 1 aromatic carbocycles. The molecule has 1 saturated heterocycles. The highest BCUT2D eigenvalue weighted by atomic mass is 32.2. The van der Waals surface area contributed by atoms with E-state index in [4.69, 9.17) is 0 Å². The summed E-state index contributed by atoms with van der Waals surface area (Å²) in [5.74, 6) is 0.0280. The van der Waals surface area contributed by atoms with Crippen LogP contribution in [0.2, 0.25) is 0 Å². The molecule has 9 heteroatoms. The molecule has 2 atom stereocenters. The number of halogens is 1. The number of benzene rings is 1. The van der Waals surface area contributed by atoms with Crippen LogP contribution in [0.1, 0.15) is 32.6 Å². The fourth-order valence-electron chi connectivity index (χ4n) is 3.42. The monoisotopic (exact) mass is 411 g/mol. The normalized spacial score (nSPS) is 22.7. The van der Waals surface area contributed by atoms with Crippen LogP contribution in [0.4, 0.5) is 4.39 Å². The van der Waals surface area contributed by atoms with Crippen LogP contribution in [-0.4, -0.2) is 50.8 Å². The van der Waals surface area contributed by atoms with Crippen molar-refractivity contribution in [2.75, 3.05) is 19.6 Å². The van der Waals surface area contributed by atoms with Gasteiger partial charge in [-0.3, -0.25) is 9.59 Å². The molecule has 3 rings (SSSR count). The standard InChI is InChI=1S/C19H26FN3O4S/c1-13-12-17(13)19(25)21-9-6-18(24)23-10-7-15(8-11-23)22-28(26,27)16-4-2-14(20)3-5-16/h2-5,13,15,17,22H,6-12H2,1H3,(H,21,25). The number of sulfonamides is 1. The smallest absolute Gasteiger partial charge is 0.240 e. The van der Waals surface area contributed by atoms with Crippen LogP contribution in [0.3, 0.4) is 0 Å². The maximum atomic E-state index is 13.0. The Hall–Kier alpha value is -2.00. The first-order valence-electron chi connectivity index (χ1n) is 9.59. The molecule has 1 aliphatic heterocycles. The fraction of sp³-hybridized carbons (Fsp3) is 0.579. The lowest BCUT2D eigenvalue weighted by atomic mass is 10.1. The van der Waals surface area contributed by atoms with E-state index in [9.17, 15) is 22.4 Å². The quantitative estimate of drug-likeness (QED) is 0.706. The summed E-state index contributed by atoms with van der Waals surface area (Å²) < 4.78 is 40.3. The minimum Gasteiger partial charge on any atom is -0.355 e. The van der Waals surface area contributed by atoms with Gasteiger partial charge in [0.25, 0.3) is 0 Å². The summed E-state index contributed by atoms with van der Waals surface area (Å²) in [6, 6.07) is 4.41. The molecule has 28 heavy (non-hydrogen) atoms. The molecule has 1 saturated carbocycles. The Balaban J connectivity index is 1.40. The molecule has 154 valence electrons. The van der Waals surface area contributed by atoms with Crippen LogP contribution in [0.25, 0.3) is 0 Å². The second kappa shape index (κ2) is 8.57. The lowest BCUT2D eigenvalue weighted by Crippen LogP contribution is -2.47. The van der Waals surface area contributed by atoms with E-state index in [0.29, 0.717) is 38.4 Å². The zero-order valence-corrected chi connectivity index (χ0v) is 16.7. The van der Waals surface area contributed by atoms with Crippen molar-refractivity contribution >= 4 is 21.8 Å². The zero-order valence-electron chi connectivity index (χ0n) is 15.9. The van der Waals surface area contributed by atoms with Gasteiger partial charge in [0.15, 0.2) is 0 Å². The number of rotatable bonds is 7. The molecular formula is C19H26FN3O4S. The number of carbonyl (C=O) groups excluding carboxylic acids is 2. The van der Waals surface area contributed by atoms with Gasteiger partial charge in [-0.15, -0.1) is 0 Å². The molecule has 0 bridgehead atoms. The first kappa shape index (κ1) is 20.7. The summed E-state index contributed by atoms with van der Waals surface area (Å²) in [5, 5.41) is 2.80.